The summed E-state index contributed by atoms with van der Waals surface area (Å²) in [5.74, 6) is 1.70. The second kappa shape index (κ2) is 6.07. The van der Waals surface area contributed by atoms with Gasteiger partial charge in [-0.25, -0.2) is 4.98 Å². The van der Waals surface area contributed by atoms with Gasteiger partial charge in [-0.15, -0.1) is 23.1 Å². The van der Waals surface area contributed by atoms with E-state index < -0.39 is 0 Å². The number of thiazole rings is 1. The lowest BCUT2D eigenvalue weighted by atomic mass is 10.0. The minimum Gasteiger partial charge on any atom is -0.309 e. The molecule has 2 heterocycles. The minimum absolute atomic E-state index is 0.488. The van der Waals surface area contributed by atoms with E-state index in [9.17, 15) is 0 Å². The molecule has 1 aliphatic rings. The summed E-state index contributed by atoms with van der Waals surface area (Å²) in [5, 5.41) is 7.00. The number of fused-ring (bicyclic) bond motifs is 1. The van der Waals surface area contributed by atoms with E-state index in [2.05, 4.69) is 46.9 Å². The Kier molecular flexibility index (Phi) is 4.21. The van der Waals surface area contributed by atoms with Gasteiger partial charge < -0.3 is 5.32 Å². The van der Waals surface area contributed by atoms with Crippen molar-refractivity contribution < 1.29 is 0 Å². The van der Waals surface area contributed by atoms with Gasteiger partial charge in [0.2, 0.25) is 0 Å². The molecule has 3 rings (SSSR count). The molecule has 0 saturated carbocycles. The molecule has 4 heteroatoms. The van der Waals surface area contributed by atoms with E-state index in [1.54, 1.807) is 11.3 Å². The summed E-state index contributed by atoms with van der Waals surface area (Å²) < 4.78 is 0. The Morgan fingerprint density at radius 1 is 1.42 bits per heavy atom. The predicted molar refractivity (Wildman–Crippen MR) is 83.1 cm³/mol. The van der Waals surface area contributed by atoms with Crippen molar-refractivity contribution in [1.29, 1.82) is 0 Å². The Morgan fingerprint density at radius 3 is 3.16 bits per heavy atom. The maximum atomic E-state index is 4.40. The molecule has 0 radical (unpaired) electrons. The fourth-order valence-electron chi connectivity index (χ4n) is 2.44. The third-order valence-corrected chi connectivity index (χ3v) is 5.63. The Labute approximate surface area is 122 Å². The molecule has 1 N–H and O–H groups in total. The molecule has 2 nitrogen and oxygen atoms in total. The smallest absolute Gasteiger partial charge is 0.0965 e. The highest BCUT2D eigenvalue weighted by Crippen LogP contribution is 2.36. The maximum Gasteiger partial charge on any atom is 0.0965 e. The highest BCUT2D eigenvalue weighted by atomic mass is 32.2. The molecule has 0 amide bonds. The summed E-state index contributed by atoms with van der Waals surface area (Å²) in [6, 6.07) is 9.27. The molecule has 0 saturated heterocycles. The zero-order valence-electron chi connectivity index (χ0n) is 11.0. The molecule has 19 heavy (non-hydrogen) atoms. The van der Waals surface area contributed by atoms with Crippen LogP contribution in [0.3, 0.4) is 0 Å². The van der Waals surface area contributed by atoms with Crippen LogP contribution in [-0.4, -0.2) is 17.3 Å². The Morgan fingerprint density at radius 2 is 2.32 bits per heavy atom. The van der Waals surface area contributed by atoms with Crippen molar-refractivity contribution in [2.24, 2.45) is 0 Å². The Balaban J connectivity index is 1.65. The van der Waals surface area contributed by atoms with Crippen LogP contribution in [0, 0.1) is 0 Å². The number of thioether (sulfide) groups is 1. The first-order valence-electron chi connectivity index (χ1n) is 6.69. The van der Waals surface area contributed by atoms with Crippen LogP contribution in [0.15, 0.2) is 40.7 Å². The number of benzene rings is 1. The molecule has 1 aliphatic heterocycles. The fraction of sp³-hybridized carbons (Fsp3) is 0.400. The Bertz CT molecular complexity index is 525. The molecule has 1 aromatic carbocycles. The lowest BCUT2D eigenvalue weighted by Crippen LogP contribution is -2.28. The van der Waals surface area contributed by atoms with Gasteiger partial charge in [0.05, 0.1) is 5.01 Å². The van der Waals surface area contributed by atoms with Crippen molar-refractivity contribution in [2.45, 2.75) is 30.2 Å². The summed E-state index contributed by atoms with van der Waals surface area (Å²) in [4.78, 5) is 5.84. The molecule has 0 spiro atoms. The summed E-state index contributed by atoms with van der Waals surface area (Å²) >= 11 is 3.72. The molecule has 0 bridgehead atoms. The van der Waals surface area contributed by atoms with Gasteiger partial charge in [-0.2, -0.15) is 0 Å². The van der Waals surface area contributed by atoms with E-state index in [4.69, 9.17) is 0 Å². The standard InChI is InChI=1S/C15H18N2S2/c1-11(15-16-7-9-19-15)10-17-13-6-8-18-14-5-3-2-4-12(13)14/h2-5,7,9,11,13,17H,6,8,10H2,1H3. The van der Waals surface area contributed by atoms with Gasteiger partial charge in [-0.3, -0.25) is 0 Å². The molecule has 0 aliphatic carbocycles. The zero-order chi connectivity index (χ0) is 13.1. The molecular weight excluding hydrogens is 272 g/mol. The van der Waals surface area contributed by atoms with Crippen molar-refractivity contribution >= 4 is 23.1 Å². The normalized spacial score (nSPS) is 19.9. The third kappa shape index (κ3) is 3.02. The lowest BCUT2D eigenvalue weighted by molar-refractivity contribution is 0.487. The van der Waals surface area contributed by atoms with Gasteiger partial charge in [0, 0.05) is 35.0 Å². The third-order valence-electron chi connectivity index (χ3n) is 3.50. The van der Waals surface area contributed by atoms with Crippen molar-refractivity contribution in [2.75, 3.05) is 12.3 Å². The van der Waals surface area contributed by atoms with Gasteiger partial charge in [-0.1, -0.05) is 25.1 Å². The van der Waals surface area contributed by atoms with E-state index in [0.717, 1.165) is 6.54 Å². The number of hydrogen-bond donors (Lipinski definition) is 1. The topological polar surface area (TPSA) is 24.9 Å². The minimum atomic E-state index is 0.488. The van der Waals surface area contributed by atoms with Crippen molar-refractivity contribution in [3.05, 3.63) is 46.4 Å². The maximum absolute atomic E-state index is 4.40. The highest BCUT2D eigenvalue weighted by Gasteiger charge is 2.20. The fourth-order valence-corrected chi connectivity index (χ4v) is 4.26. The van der Waals surface area contributed by atoms with Gasteiger partial charge in [0.25, 0.3) is 0 Å². The second-order valence-electron chi connectivity index (χ2n) is 4.91. The van der Waals surface area contributed by atoms with E-state index in [0.29, 0.717) is 12.0 Å². The first-order valence-corrected chi connectivity index (χ1v) is 8.55. The second-order valence-corrected chi connectivity index (χ2v) is 6.97. The average molecular weight is 290 g/mol. The number of hydrogen-bond acceptors (Lipinski definition) is 4. The average Bonchev–Trinajstić information content (AvgIpc) is 2.99. The number of nitrogens with zero attached hydrogens (tertiary/aromatic N) is 1. The van der Waals surface area contributed by atoms with Gasteiger partial charge in [0.15, 0.2) is 0 Å². The van der Waals surface area contributed by atoms with Crippen LogP contribution >= 0.6 is 23.1 Å². The van der Waals surface area contributed by atoms with Crippen molar-refractivity contribution in [3.63, 3.8) is 0 Å². The zero-order valence-corrected chi connectivity index (χ0v) is 12.6. The summed E-state index contributed by atoms with van der Waals surface area (Å²) in [7, 11) is 0. The molecule has 2 unspecified atom stereocenters. The van der Waals surface area contributed by atoms with Gasteiger partial charge in [0.1, 0.15) is 0 Å². The van der Waals surface area contributed by atoms with Crippen LogP contribution in [0.4, 0.5) is 0 Å². The predicted octanol–water partition coefficient (Wildman–Crippen LogP) is 4.07. The van der Waals surface area contributed by atoms with Crippen LogP contribution in [-0.2, 0) is 0 Å². The highest BCUT2D eigenvalue weighted by molar-refractivity contribution is 7.99. The quantitative estimate of drug-likeness (QED) is 0.918. The Hall–Kier alpha value is -0.840. The summed E-state index contributed by atoms with van der Waals surface area (Å²) in [5.41, 5.74) is 1.46. The van der Waals surface area contributed by atoms with Crippen LogP contribution in [0.5, 0.6) is 0 Å². The lowest BCUT2D eigenvalue weighted by Gasteiger charge is -2.27. The van der Waals surface area contributed by atoms with Crippen molar-refractivity contribution in [1.82, 2.24) is 10.3 Å². The number of nitrogens with one attached hydrogen (secondary N) is 1. The molecule has 2 atom stereocenters. The monoisotopic (exact) mass is 290 g/mol. The van der Waals surface area contributed by atoms with E-state index in [-0.39, 0.29) is 0 Å². The van der Waals surface area contributed by atoms with Crippen molar-refractivity contribution in [3.8, 4) is 0 Å². The van der Waals surface area contributed by atoms with E-state index in [1.165, 1.54) is 27.6 Å². The molecule has 0 fully saturated rings. The molecular formula is C15H18N2S2. The van der Waals surface area contributed by atoms with Crippen LogP contribution < -0.4 is 5.32 Å². The SMILES string of the molecule is CC(CNC1CCSc2ccccc21)c1nccs1. The van der Waals surface area contributed by atoms with Crippen LogP contribution in [0.2, 0.25) is 0 Å². The first kappa shape index (κ1) is 13.2. The largest absolute Gasteiger partial charge is 0.309 e. The van der Waals surface area contributed by atoms with Crippen LogP contribution in [0.25, 0.3) is 0 Å². The molecule has 1 aromatic heterocycles. The number of rotatable bonds is 4. The van der Waals surface area contributed by atoms with E-state index >= 15 is 0 Å². The number of aromatic nitrogens is 1. The van der Waals surface area contributed by atoms with Crippen LogP contribution in [0.1, 0.15) is 35.9 Å². The molecule has 100 valence electrons. The first-order chi connectivity index (χ1) is 9.34. The van der Waals surface area contributed by atoms with E-state index in [1.807, 2.05) is 18.0 Å². The molecule has 2 aromatic rings. The summed E-state index contributed by atoms with van der Waals surface area (Å²) in [6.07, 6.45) is 3.11. The van der Waals surface area contributed by atoms with Gasteiger partial charge in [-0.05, 0) is 23.8 Å². The van der Waals surface area contributed by atoms with Gasteiger partial charge >= 0.3 is 0 Å². The summed E-state index contributed by atoms with van der Waals surface area (Å²) in [6.45, 7) is 3.24.